The van der Waals surface area contributed by atoms with E-state index in [1.54, 1.807) is 6.08 Å². The number of hydrogen-bond acceptors (Lipinski definition) is 5. The molecule has 1 heterocycles. The summed E-state index contributed by atoms with van der Waals surface area (Å²) in [6.45, 7) is 14.4. The van der Waals surface area contributed by atoms with Crippen LogP contribution in [0.3, 0.4) is 0 Å². The van der Waals surface area contributed by atoms with Crippen molar-refractivity contribution in [2.24, 2.45) is 5.16 Å². The normalized spacial score (nSPS) is 16.9. The molecule has 34 heavy (non-hydrogen) atoms. The highest BCUT2D eigenvalue weighted by atomic mass is 16.6. The summed E-state index contributed by atoms with van der Waals surface area (Å²) in [7, 11) is 4.29. The van der Waals surface area contributed by atoms with Crippen LogP contribution in [-0.2, 0) is 21.4 Å². The summed E-state index contributed by atoms with van der Waals surface area (Å²) in [6.07, 6.45) is 3.50. The Morgan fingerprint density at radius 1 is 1.09 bits per heavy atom. The second kappa shape index (κ2) is 11.7. The fourth-order valence-electron chi connectivity index (χ4n) is 4.98. The Balaban J connectivity index is 2.02. The molecule has 3 rings (SSSR count). The fraction of sp³-hybridized carbons (Fsp3) is 0.483. The third-order valence-corrected chi connectivity index (χ3v) is 7.13. The Labute approximate surface area is 206 Å². The first-order valence-electron chi connectivity index (χ1n) is 12.3. The van der Waals surface area contributed by atoms with E-state index in [1.807, 2.05) is 0 Å². The molecule has 0 saturated carbocycles. The zero-order chi connectivity index (χ0) is 24.6. The third-order valence-electron chi connectivity index (χ3n) is 7.13. The van der Waals surface area contributed by atoms with Crippen molar-refractivity contribution < 1.29 is 9.57 Å². The number of oxime groups is 1. The molecule has 5 nitrogen and oxygen atoms in total. The van der Waals surface area contributed by atoms with E-state index in [0.717, 1.165) is 44.9 Å². The van der Waals surface area contributed by atoms with Crippen molar-refractivity contribution in [3.8, 4) is 0 Å². The van der Waals surface area contributed by atoms with Crippen LogP contribution >= 0.6 is 0 Å². The summed E-state index contributed by atoms with van der Waals surface area (Å²) in [5, 5.41) is 4.81. The van der Waals surface area contributed by atoms with Crippen LogP contribution in [0.1, 0.15) is 38.3 Å². The first-order chi connectivity index (χ1) is 16.3. The topological polar surface area (TPSA) is 37.3 Å². The summed E-state index contributed by atoms with van der Waals surface area (Å²) >= 11 is 0. The minimum atomic E-state index is -0.347. The molecule has 0 radical (unpaired) electrons. The maximum atomic E-state index is 5.79. The molecule has 184 valence electrons. The van der Waals surface area contributed by atoms with Crippen molar-refractivity contribution >= 4 is 11.4 Å². The SMILES string of the molecule is C=CCO/N=C(\C(C)(C)c1ccc(N2CCOCC2)cc1)C(CC)(Cc1ccccc1)N(C)C. The molecular formula is C29H41N3O2. The van der Waals surface area contributed by atoms with Gasteiger partial charge in [0, 0.05) is 24.2 Å². The number of hydrogen-bond donors (Lipinski definition) is 0. The molecule has 0 aliphatic carbocycles. The molecular weight excluding hydrogens is 422 g/mol. The first-order valence-corrected chi connectivity index (χ1v) is 12.3. The Kier molecular flexibility index (Phi) is 8.92. The lowest BCUT2D eigenvalue weighted by Gasteiger charge is -2.46. The first kappa shape index (κ1) is 26.0. The molecule has 0 N–H and O–H groups in total. The molecule has 1 fully saturated rings. The van der Waals surface area contributed by atoms with E-state index in [-0.39, 0.29) is 11.0 Å². The molecule has 0 spiro atoms. The van der Waals surface area contributed by atoms with Gasteiger partial charge < -0.3 is 14.5 Å². The molecule has 1 atom stereocenters. The van der Waals surface area contributed by atoms with Crippen molar-refractivity contribution in [3.05, 3.63) is 78.4 Å². The Bertz CT molecular complexity index is 932. The highest BCUT2D eigenvalue weighted by Gasteiger charge is 2.45. The molecule has 2 aromatic carbocycles. The van der Waals surface area contributed by atoms with Crippen LogP contribution in [0.25, 0.3) is 0 Å². The molecule has 1 aliphatic heterocycles. The van der Waals surface area contributed by atoms with Crippen molar-refractivity contribution in [3.63, 3.8) is 0 Å². The van der Waals surface area contributed by atoms with Crippen LogP contribution in [0.15, 0.2) is 72.4 Å². The van der Waals surface area contributed by atoms with Gasteiger partial charge in [0.1, 0.15) is 6.61 Å². The molecule has 0 aromatic heterocycles. The summed E-state index contributed by atoms with van der Waals surface area (Å²) in [6, 6.07) is 19.6. The van der Waals surface area contributed by atoms with Gasteiger partial charge in [0.2, 0.25) is 0 Å². The fourth-order valence-corrected chi connectivity index (χ4v) is 4.98. The van der Waals surface area contributed by atoms with Gasteiger partial charge in [-0.2, -0.15) is 0 Å². The van der Waals surface area contributed by atoms with E-state index in [2.05, 4.69) is 106 Å². The Morgan fingerprint density at radius 2 is 1.74 bits per heavy atom. The highest BCUT2D eigenvalue weighted by molar-refractivity contribution is 6.01. The molecule has 1 saturated heterocycles. The van der Waals surface area contributed by atoms with Gasteiger partial charge in [0.05, 0.1) is 24.5 Å². The number of morpholine rings is 1. The minimum absolute atomic E-state index is 0.311. The maximum Gasteiger partial charge on any atom is 0.135 e. The van der Waals surface area contributed by atoms with Crippen molar-refractivity contribution in [2.45, 2.75) is 44.6 Å². The minimum Gasteiger partial charge on any atom is -0.392 e. The average Bonchev–Trinajstić information content (AvgIpc) is 2.86. The maximum absolute atomic E-state index is 5.79. The molecule has 1 unspecified atom stereocenters. The summed E-state index contributed by atoms with van der Waals surface area (Å²) in [5.41, 5.74) is 4.11. The lowest BCUT2D eigenvalue weighted by molar-refractivity contribution is 0.122. The van der Waals surface area contributed by atoms with E-state index in [4.69, 9.17) is 14.7 Å². The molecule has 5 heteroatoms. The number of rotatable bonds is 11. The van der Waals surface area contributed by atoms with Gasteiger partial charge in [-0.15, -0.1) is 0 Å². The summed E-state index contributed by atoms with van der Waals surface area (Å²) < 4.78 is 5.52. The van der Waals surface area contributed by atoms with Crippen molar-refractivity contribution in [1.82, 2.24) is 4.90 Å². The summed E-state index contributed by atoms with van der Waals surface area (Å²) in [4.78, 5) is 10.5. The van der Waals surface area contributed by atoms with E-state index in [9.17, 15) is 0 Å². The highest BCUT2D eigenvalue weighted by Crippen LogP contribution is 2.37. The van der Waals surface area contributed by atoms with Crippen LogP contribution in [0.4, 0.5) is 5.69 Å². The second-order valence-corrected chi connectivity index (χ2v) is 9.74. The van der Waals surface area contributed by atoms with E-state index in [1.165, 1.54) is 16.8 Å². The monoisotopic (exact) mass is 463 g/mol. The summed E-state index contributed by atoms with van der Waals surface area (Å²) in [5.74, 6) is 0. The number of benzene rings is 2. The molecule has 0 bridgehead atoms. The quantitative estimate of drug-likeness (QED) is 0.196. The van der Waals surface area contributed by atoms with Gasteiger partial charge in [-0.3, -0.25) is 4.90 Å². The number of likely N-dealkylation sites (N-methyl/N-ethyl adjacent to an activating group) is 1. The smallest absolute Gasteiger partial charge is 0.135 e. The zero-order valence-corrected chi connectivity index (χ0v) is 21.6. The van der Waals surface area contributed by atoms with Crippen molar-refractivity contribution in [2.75, 3.05) is 51.9 Å². The van der Waals surface area contributed by atoms with Crippen LogP contribution in [0.5, 0.6) is 0 Å². The standard InChI is InChI=1S/C29H41N3O2/c1-7-20-34-30-27(29(8-2,31(5)6)23-24-12-10-9-11-13-24)28(3,4)25-14-16-26(17-15-25)32-18-21-33-22-19-32/h7,9-17H,1,8,18-23H2,2-6H3/b30-27+. The molecule has 0 amide bonds. The lowest BCUT2D eigenvalue weighted by Crippen LogP contribution is -2.58. The van der Waals surface area contributed by atoms with Gasteiger partial charge in [-0.05, 0) is 50.2 Å². The van der Waals surface area contributed by atoms with Gasteiger partial charge >= 0.3 is 0 Å². The Hall–Kier alpha value is -2.63. The number of nitrogens with zero attached hydrogens (tertiary/aromatic N) is 3. The zero-order valence-electron chi connectivity index (χ0n) is 21.6. The van der Waals surface area contributed by atoms with Gasteiger partial charge in [-0.25, -0.2) is 0 Å². The van der Waals surface area contributed by atoms with Gasteiger partial charge in [0.25, 0.3) is 0 Å². The third kappa shape index (κ3) is 5.70. The molecule has 1 aliphatic rings. The van der Waals surface area contributed by atoms with E-state index >= 15 is 0 Å². The van der Waals surface area contributed by atoms with Crippen LogP contribution in [0.2, 0.25) is 0 Å². The average molecular weight is 464 g/mol. The predicted molar refractivity (Wildman–Crippen MR) is 143 cm³/mol. The van der Waals surface area contributed by atoms with Crippen LogP contribution < -0.4 is 4.90 Å². The largest absolute Gasteiger partial charge is 0.392 e. The lowest BCUT2D eigenvalue weighted by atomic mass is 9.68. The Morgan fingerprint density at radius 3 is 2.29 bits per heavy atom. The van der Waals surface area contributed by atoms with Crippen LogP contribution in [0, 0.1) is 0 Å². The van der Waals surface area contributed by atoms with E-state index in [0.29, 0.717) is 6.61 Å². The second-order valence-electron chi connectivity index (χ2n) is 9.74. The van der Waals surface area contributed by atoms with Gasteiger partial charge in [-0.1, -0.05) is 81.0 Å². The number of anilines is 1. The molecule has 2 aromatic rings. The van der Waals surface area contributed by atoms with Crippen LogP contribution in [-0.4, -0.2) is 63.2 Å². The van der Waals surface area contributed by atoms with E-state index < -0.39 is 0 Å². The van der Waals surface area contributed by atoms with Gasteiger partial charge in [0.15, 0.2) is 0 Å². The number of ether oxygens (including phenoxy) is 1. The predicted octanol–water partition coefficient (Wildman–Crippen LogP) is 5.31. The van der Waals surface area contributed by atoms with Crippen molar-refractivity contribution in [1.29, 1.82) is 0 Å².